The number of benzene rings is 1. The minimum absolute atomic E-state index is 0.0210. The van der Waals surface area contributed by atoms with Crippen molar-refractivity contribution in [2.45, 2.75) is 4.90 Å². The smallest absolute Gasteiger partial charge is 0.338 e. The van der Waals surface area contributed by atoms with Gasteiger partial charge in [-0.1, -0.05) is 6.07 Å². The summed E-state index contributed by atoms with van der Waals surface area (Å²) in [6.45, 7) is -0.414. The molecule has 0 saturated carbocycles. The van der Waals surface area contributed by atoms with Gasteiger partial charge in [0.1, 0.15) is 0 Å². The van der Waals surface area contributed by atoms with Gasteiger partial charge in [0.15, 0.2) is 16.4 Å². The van der Waals surface area contributed by atoms with Gasteiger partial charge >= 0.3 is 5.97 Å². The SMILES string of the molecule is CS(=O)(=O)c1cccc(C(=O)OCC(=O)c2ccc[nH]2)c1. The van der Waals surface area contributed by atoms with E-state index in [1.165, 1.54) is 24.3 Å². The number of H-pyrrole nitrogens is 1. The van der Waals surface area contributed by atoms with Crippen molar-refractivity contribution in [2.75, 3.05) is 12.9 Å². The Morgan fingerprint density at radius 1 is 1.19 bits per heavy atom. The van der Waals surface area contributed by atoms with E-state index in [0.717, 1.165) is 6.26 Å². The largest absolute Gasteiger partial charge is 0.454 e. The van der Waals surface area contributed by atoms with Crippen molar-refractivity contribution in [3.63, 3.8) is 0 Å². The van der Waals surface area contributed by atoms with Crippen LogP contribution in [0.5, 0.6) is 0 Å². The summed E-state index contributed by atoms with van der Waals surface area (Å²) < 4.78 is 27.7. The molecule has 1 aromatic carbocycles. The standard InChI is InChI=1S/C14H13NO5S/c1-21(18,19)11-5-2-4-10(8-11)14(17)20-9-13(16)12-6-3-7-15-12/h2-8,15H,9H2,1H3. The Labute approximate surface area is 121 Å². The zero-order valence-electron chi connectivity index (χ0n) is 11.2. The van der Waals surface area contributed by atoms with E-state index in [1.807, 2.05) is 0 Å². The summed E-state index contributed by atoms with van der Waals surface area (Å²) in [6.07, 6.45) is 2.64. The number of esters is 1. The molecule has 1 heterocycles. The number of aromatic nitrogens is 1. The van der Waals surface area contributed by atoms with Crippen LogP contribution in [0, 0.1) is 0 Å². The van der Waals surface area contributed by atoms with Gasteiger partial charge in [0.05, 0.1) is 16.2 Å². The fourth-order valence-corrected chi connectivity index (χ4v) is 2.32. The van der Waals surface area contributed by atoms with Gasteiger partial charge in [-0.25, -0.2) is 13.2 Å². The summed E-state index contributed by atoms with van der Waals surface area (Å²) in [5.41, 5.74) is 0.421. The molecule has 0 amide bonds. The maximum absolute atomic E-state index is 11.8. The monoisotopic (exact) mass is 307 g/mol. The summed E-state index contributed by atoms with van der Waals surface area (Å²) in [5.74, 6) is -1.12. The molecule has 0 bridgehead atoms. The van der Waals surface area contributed by atoms with Crippen molar-refractivity contribution in [1.29, 1.82) is 0 Å². The van der Waals surface area contributed by atoms with E-state index in [0.29, 0.717) is 5.69 Å². The molecule has 1 N–H and O–H groups in total. The van der Waals surface area contributed by atoms with Gasteiger partial charge < -0.3 is 9.72 Å². The van der Waals surface area contributed by atoms with Crippen molar-refractivity contribution in [3.8, 4) is 0 Å². The van der Waals surface area contributed by atoms with Crippen LogP contribution in [0.2, 0.25) is 0 Å². The number of ketones is 1. The lowest BCUT2D eigenvalue weighted by Crippen LogP contribution is -2.14. The van der Waals surface area contributed by atoms with Crippen LogP contribution in [-0.4, -0.2) is 38.0 Å². The van der Waals surface area contributed by atoms with Crippen molar-refractivity contribution in [3.05, 3.63) is 53.9 Å². The molecule has 1 aromatic heterocycles. The molecule has 6 nitrogen and oxygen atoms in total. The predicted molar refractivity (Wildman–Crippen MR) is 75.0 cm³/mol. The molecule has 0 fully saturated rings. The van der Waals surface area contributed by atoms with E-state index < -0.39 is 22.4 Å². The average molecular weight is 307 g/mol. The van der Waals surface area contributed by atoms with E-state index in [2.05, 4.69) is 4.98 Å². The van der Waals surface area contributed by atoms with Crippen LogP contribution < -0.4 is 0 Å². The maximum Gasteiger partial charge on any atom is 0.338 e. The minimum Gasteiger partial charge on any atom is -0.454 e. The molecule has 0 saturated heterocycles. The second kappa shape index (κ2) is 5.92. The second-order valence-corrected chi connectivity index (χ2v) is 6.40. The molecular weight excluding hydrogens is 294 g/mol. The molecule has 0 aliphatic carbocycles. The number of Topliss-reactive ketones (excluding diaryl/α,β-unsaturated/α-hetero) is 1. The number of rotatable bonds is 5. The van der Waals surface area contributed by atoms with Crippen molar-refractivity contribution >= 4 is 21.6 Å². The number of carbonyl (C=O) groups excluding carboxylic acids is 2. The molecule has 2 rings (SSSR count). The van der Waals surface area contributed by atoms with Crippen molar-refractivity contribution in [1.82, 2.24) is 4.98 Å². The van der Waals surface area contributed by atoms with E-state index in [9.17, 15) is 18.0 Å². The highest BCUT2D eigenvalue weighted by molar-refractivity contribution is 7.90. The second-order valence-electron chi connectivity index (χ2n) is 4.38. The summed E-state index contributed by atoms with van der Waals surface area (Å²) in [5, 5.41) is 0. The highest BCUT2D eigenvalue weighted by Crippen LogP contribution is 2.12. The van der Waals surface area contributed by atoms with Gasteiger partial charge in [0.25, 0.3) is 0 Å². The number of carbonyl (C=O) groups is 2. The van der Waals surface area contributed by atoms with Crippen LogP contribution in [0.3, 0.4) is 0 Å². The van der Waals surface area contributed by atoms with E-state index in [-0.39, 0.29) is 16.2 Å². The van der Waals surface area contributed by atoms with Crippen molar-refractivity contribution < 1.29 is 22.7 Å². The molecule has 0 spiro atoms. The van der Waals surface area contributed by atoms with Gasteiger partial charge in [-0.3, -0.25) is 4.79 Å². The Morgan fingerprint density at radius 2 is 1.95 bits per heavy atom. The molecule has 0 radical (unpaired) electrons. The van der Waals surface area contributed by atoms with Crippen LogP contribution in [0.1, 0.15) is 20.8 Å². The Balaban J connectivity index is 2.06. The number of aromatic amines is 1. The molecule has 110 valence electrons. The highest BCUT2D eigenvalue weighted by atomic mass is 32.2. The average Bonchev–Trinajstić information content (AvgIpc) is 2.98. The number of nitrogens with one attached hydrogen (secondary N) is 1. The number of hydrogen-bond donors (Lipinski definition) is 1. The quantitative estimate of drug-likeness (QED) is 0.666. The zero-order valence-corrected chi connectivity index (χ0v) is 12.0. The number of ether oxygens (including phenoxy) is 1. The van der Waals surface area contributed by atoms with E-state index in [1.54, 1.807) is 18.3 Å². The van der Waals surface area contributed by atoms with Gasteiger partial charge in [0.2, 0.25) is 5.78 Å². The van der Waals surface area contributed by atoms with Crippen molar-refractivity contribution in [2.24, 2.45) is 0 Å². The lowest BCUT2D eigenvalue weighted by Gasteiger charge is -2.05. The topological polar surface area (TPSA) is 93.3 Å². The van der Waals surface area contributed by atoms with Crippen LogP contribution in [-0.2, 0) is 14.6 Å². The number of hydrogen-bond acceptors (Lipinski definition) is 5. The van der Waals surface area contributed by atoms with Gasteiger partial charge in [-0.2, -0.15) is 0 Å². The first kappa shape index (κ1) is 15.0. The van der Waals surface area contributed by atoms with Crippen LogP contribution in [0.15, 0.2) is 47.5 Å². The summed E-state index contributed by atoms with van der Waals surface area (Å²) in [6, 6.07) is 8.70. The Kier molecular flexibility index (Phi) is 4.23. The molecule has 7 heteroatoms. The lowest BCUT2D eigenvalue weighted by molar-refractivity contribution is 0.0473. The Hall–Kier alpha value is -2.41. The van der Waals surface area contributed by atoms with Crippen LogP contribution in [0.25, 0.3) is 0 Å². The van der Waals surface area contributed by atoms with Gasteiger partial charge in [-0.05, 0) is 30.3 Å². The first-order valence-electron chi connectivity index (χ1n) is 6.02. The molecule has 21 heavy (non-hydrogen) atoms. The molecular formula is C14H13NO5S. The van der Waals surface area contributed by atoms with Crippen LogP contribution in [0.4, 0.5) is 0 Å². The molecule has 0 atom stereocenters. The molecule has 0 unspecified atom stereocenters. The molecule has 2 aromatic rings. The number of sulfone groups is 1. The fraction of sp³-hybridized carbons (Fsp3) is 0.143. The molecule has 0 aliphatic rings. The van der Waals surface area contributed by atoms with E-state index in [4.69, 9.17) is 4.74 Å². The maximum atomic E-state index is 11.8. The Morgan fingerprint density at radius 3 is 2.57 bits per heavy atom. The molecule has 0 aliphatic heterocycles. The third kappa shape index (κ3) is 3.79. The van der Waals surface area contributed by atoms with Crippen LogP contribution >= 0.6 is 0 Å². The third-order valence-corrected chi connectivity index (χ3v) is 3.84. The minimum atomic E-state index is -3.41. The fourth-order valence-electron chi connectivity index (χ4n) is 1.65. The first-order chi connectivity index (χ1) is 9.88. The summed E-state index contributed by atoms with van der Waals surface area (Å²) in [4.78, 5) is 26.2. The summed E-state index contributed by atoms with van der Waals surface area (Å²) >= 11 is 0. The predicted octanol–water partition coefficient (Wildman–Crippen LogP) is 1.46. The highest BCUT2D eigenvalue weighted by Gasteiger charge is 2.15. The summed E-state index contributed by atoms with van der Waals surface area (Å²) in [7, 11) is -3.41. The Bertz CT molecular complexity index is 762. The van der Waals surface area contributed by atoms with E-state index >= 15 is 0 Å². The van der Waals surface area contributed by atoms with Gasteiger partial charge in [0, 0.05) is 12.5 Å². The zero-order chi connectivity index (χ0) is 15.5. The normalized spacial score (nSPS) is 11.1. The lowest BCUT2D eigenvalue weighted by atomic mass is 10.2. The third-order valence-electron chi connectivity index (χ3n) is 2.73. The first-order valence-corrected chi connectivity index (χ1v) is 7.91. The van der Waals surface area contributed by atoms with Gasteiger partial charge in [-0.15, -0.1) is 0 Å².